The van der Waals surface area contributed by atoms with Crippen LogP contribution in [0.5, 0.6) is 23.0 Å². The molecule has 0 spiro atoms. The molecule has 0 atom stereocenters. The van der Waals surface area contributed by atoms with E-state index in [9.17, 15) is 24.9 Å². The van der Waals surface area contributed by atoms with E-state index >= 15 is 0 Å². The third-order valence-electron chi connectivity index (χ3n) is 4.46. The Morgan fingerprint density at radius 1 is 1.00 bits per heavy atom. The number of ether oxygens (including phenoxy) is 4. The Kier molecular flexibility index (Phi) is 9.36. The number of methoxy groups -OCH3 is 1. The van der Waals surface area contributed by atoms with Gasteiger partial charge in [0.15, 0.2) is 17.2 Å². The van der Waals surface area contributed by atoms with Crippen LogP contribution >= 0.6 is 0 Å². The van der Waals surface area contributed by atoms with Gasteiger partial charge in [0.1, 0.15) is 6.79 Å². The van der Waals surface area contributed by atoms with Crippen LogP contribution in [0.4, 0.5) is 0 Å². The molecule has 0 amide bonds. The Bertz CT molecular complexity index is 956. The predicted molar refractivity (Wildman–Crippen MR) is 112 cm³/mol. The largest absolute Gasteiger partial charge is 0.504 e. The summed E-state index contributed by atoms with van der Waals surface area (Å²) in [5.41, 5.74) is -0.279. The fraction of sp³-hybridized carbons (Fsp3) is 0.455. The number of unbranched alkanes of at least 4 members (excludes halogenated alkanes) is 2. The van der Waals surface area contributed by atoms with Crippen LogP contribution in [0.1, 0.15) is 38.2 Å². The van der Waals surface area contributed by atoms with Gasteiger partial charge in [0, 0.05) is 13.5 Å². The van der Waals surface area contributed by atoms with Gasteiger partial charge in [-0.25, -0.2) is 0 Å². The second-order valence-corrected chi connectivity index (χ2v) is 6.83. The topological polar surface area (TPSA) is 132 Å². The highest BCUT2D eigenvalue weighted by atomic mass is 16.7. The highest BCUT2D eigenvalue weighted by Crippen LogP contribution is 2.44. The molecule has 0 bridgehead atoms. The van der Waals surface area contributed by atoms with Crippen LogP contribution in [-0.4, -0.2) is 48.4 Å². The SMILES string of the molecule is CCOC(=O)CCCCCOc1cc2cc(COCOC)cc(=O)c(O)c2c(O)c1O. The third-order valence-corrected chi connectivity index (χ3v) is 4.46. The van der Waals surface area contributed by atoms with Crippen LogP contribution in [0, 0.1) is 0 Å². The van der Waals surface area contributed by atoms with Crippen molar-refractivity contribution in [2.24, 2.45) is 0 Å². The van der Waals surface area contributed by atoms with E-state index in [2.05, 4.69) is 0 Å². The average Bonchev–Trinajstić information content (AvgIpc) is 2.84. The number of phenols is 2. The fourth-order valence-electron chi connectivity index (χ4n) is 3.02. The van der Waals surface area contributed by atoms with E-state index in [0.29, 0.717) is 36.8 Å². The number of carbonyl (C=O) groups excluding carboxylic acids is 1. The number of fused-ring (bicyclic) bond motifs is 1. The third kappa shape index (κ3) is 6.73. The van der Waals surface area contributed by atoms with Crippen molar-refractivity contribution in [1.29, 1.82) is 0 Å². The lowest BCUT2D eigenvalue weighted by molar-refractivity contribution is -0.143. The molecule has 0 saturated carbocycles. The number of rotatable bonds is 12. The molecule has 0 saturated heterocycles. The van der Waals surface area contributed by atoms with E-state index in [1.54, 1.807) is 13.0 Å². The van der Waals surface area contributed by atoms with Crippen LogP contribution < -0.4 is 10.2 Å². The molecule has 0 radical (unpaired) electrons. The van der Waals surface area contributed by atoms with Crippen molar-refractivity contribution in [1.82, 2.24) is 0 Å². The molecule has 0 aliphatic rings. The Hall–Kier alpha value is -3.04. The molecule has 0 aliphatic carbocycles. The molecule has 2 rings (SSSR count). The normalized spacial score (nSPS) is 10.9. The van der Waals surface area contributed by atoms with Gasteiger partial charge in [-0.1, -0.05) is 0 Å². The van der Waals surface area contributed by atoms with Crippen LogP contribution in [0.15, 0.2) is 23.0 Å². The first kappa shape index (κ1) is 24.2. The van der Waals surface area contributed by atoms with Crippen molar-refractivity contribution >= 4 is 16.7 Å². The predicted octanol–water partition coefficient (Wildman–Crippen LogP) is 2.94. The fourth-order valence-corrected chi connectivity index (χ4v) is 3.02. The minimum atomic E-state index is -0.726. The van der Waals surface area contributed by atoms with Crippen LogP contribution in [0.25, 0.3) is 10.8 Å². The molecule has 0 aliphatic heterocycles. The number of hydrogen-bond donors (Lipinski definition) is 3. The molecule has 9 heteroatoms. The Morgan fingerprint density at radius 3 is 2.48 bits per heavy atom. The van der Waals surface area contributed by atoms with Gasteiger partial charge in [-0.3, -0.25) is 9.59 Å². The Balaban J connectivity index is 2.17. The molecular formula is C22H28O9. The number of benzene rings is 1. The molecule has 170 valence electrons. The summed E-state index contributed by atoms with van der Waals surface area (Å²) < 4.78 is 20.5. The molecular weight excluding hydrogens is 408 g/mol. The highest BCUT2D eigenvalue weighted by molar-refractivity contribution is 5.96. The first-order valence-corrected chi connectivity index (χ1v) is 9.99. The lowest BCUT2D eigenvalue weighted by Crippen LogP contribution is -2.04. The lowest BCUT2D eigenvalue weighted by Gasteiger charge is -2.11. The second-order valence-electron chi connectivity index (χ2n) is 6.83. The maximum absolute atomic E-state index is 12.2. The van der Waals surface area contributed by atoms with E-state index in [1.807, 2.05) is 0 Å². The smallest absolute Gasteiger partial charge is 0.305 e. The van der Waals surface area contributed by atoms with Gasteiger partial charge in [0.05, 0.1) is 25.2 Å². The number of aromatic hydroxyl groups is 3. The number of esters is 1. The Labute approximate surface area is 179 Å². The van der Waals surface area contributed by atoms with E-state index in [0.717, 1.165) is 6.42 Å². The molecule has 0 aromatic heterocycles. The van der Waals surface area contributed by atoms with E-state index in [-0.39, 0.29) is 37.1 Å². The minimum Gasteiger partial charge on any atom is -0.504 e. The van der Waals surface area contributed by atoms with Crippen molar-refractivity contribution in [3.8, 4) is 23.0 Å². The average molecular weight is 436 g/mol. The van der Waals surface area contributed by atoms with Gasteiger partial charge in [0.2, 0.25) is 11.2 Å². The molecule has 31 heavy (non-hydrogen) atoms. The summed E-state index contributed by atoms with van der Waals surface area (Å²) in [6, 6.07) is 4.17. The molecule has 2 aromatic rings. The monoisotopic (exact) mass is 436 g/mol. The second kappa shape index (κ2) is 12.0. The van der Waals surface area contributed by atoms with Gasteiger partial charge in [-0.05, 0) is 55.3 Å². The van der Waals surface area contributed by atoms with Crippen molar-refractivity contribution in [3.63, 3.8) is 0 Å². The Morgan fingerprint density at radius 2 is 1.77 bits per heavy atom. The van der Waals surface area contributed by atoms with E-state index in [4.69, 9.17) is 18.9 Å². The first-order chi connectivity index (χ1) is 14.9. The molecule has 0 heterocycles. The number of phenolic OH excluding ortho intramolecular Hbond substituents is 2. The van der Waals surface area contributed by atoms with Crippen molar-refractivity contribution in [3.05, 3.63) is 34.0 Å². The van der Waals surface area contributed by atoms with Crippen molar-refractivity contribution in [2.45, 2.75) is 39.2 Å². The standard InChI is InChI=1S/C22H28O9/c1-3-30-18(24)7-5-4-6-8-31-17-11-15-9-14(12-29-13-28-2)10-16(23)20(25)19(15)22(27)21(17)26/h9-11,26-27H,3-8,12-13H2,1-2H3,(H,23,25). The molecule has 0 unspecified atom stereocenters. The van der Waals surface area contributed by atoms with Gasteiger partial charge >= 0.3 is 5.97 Å². The molecule has 9 nitrogen and oxygen atoms in total. The van der Waals surface area contributed by atoms with Crippen LogP contribution in [-0.2, 0) is 25.6 Å². The minimum absolute atomic E-state index is 0.0113. The van der Waals surface area contributed by atoms with Gasteiger partial charge in [-0.2, -0.15) is 0 Å². The van der Waals surface area contributed by atoms with Crippen molar-refractivity contribution < 1.29 is 39.1 Å². The summed E-state index contributed by atoms with van der Waals surface area (Å²) in [6.45, 7) is 2.42. The number of carbonyl (C=O) groups is 1. The van der Waals surface area contributed by atoms with Crippen LogP contribution in [0.3, 0.4) is 0 Å². The van der Waals surface area contributed by atoms with Crippen molar-refractivity contribution in [2.75, 3.05) is 27.1 Å². The molecule has 3 N–H and O–H groups in total. The zero-order valence-corrected chi connectivity index (χ0v) is 17.7. The summed E-state index contributed by atoms with van der Waals surface area (Å²) in [6.07, 6.45) is 2.32. The lowest BCUT2D eigenvalue weighted by atomic mass is 10.1. The zero-order valence-electron chi connectivity index (χ0n) is 17.7. The van der Waals surface area contributed by atoms with Gasteiger partial charge in [-0.15, -0.1) is 0 Å². The van der Waals surface area contributed by atoms with Gasteiger partial charge < -0.3 is 34.3 Å². The van der Waals surface area contributed by atoms with Gasteiger partial charge in [0.25, 0.3) is 0 Å². The highest BCUT2D eigenvalue weighted by Gasteiger charge is 2.18. The zero-order chi connectivity index (χ0) is 22.8. The summed E-state index contributed by atoms with van der Waals surface area (Å²) in [5, 5.41) is 31.0. The quantitative estimate of drug-likeness (QED) is 0.199. The molecule has 2 aromatic carbocycles. The maximum Gasteiger partial charge on any atom is 0.305 e. The summed E-state index contributed by atoms with van der Waals surface area (Å²) >= 11 is 0. The number of hydrogen-bond acceptors (Lipinski definition) is 9. The first-order valence-electron chi connectivity index (χ1n) is 9.99. The maximum atomic E-state index is 12.2. The summed E-state index contributed by atoms with van der Waals surface area (Å²) in [7, 11) is 1.46. The van der Waals surface area contributed by atoms with E-state index in [1.165, 1.54) is 19.2 Å². The van der Waals surface area contributed by atoms with Crippen LogP contribution in [0.2, 0.25) is 0 Å². The van der Waals surface area contributed by atoms with E-state index < -0.39 is 22.7 Å². The molecule has 0 fully saturated rings. The summed E-state index contributed by atoms with van der Waals surface area (Å²) in [4.78, 5) is 23.5. The summed E-state index contributed by atoms with van der Waals surface area (Å²) in [5.74, 6) is -2.14.